The van der Waals surface area contributed by atoms with E-state index < -0.39 is 0 Å². The highest BCUT2D eigenvalue weighted by Crippen LogP contribution is 2.16. The van der Waals surface area contributed by atoms with Gasteiger partial charge in [0.2, 0.25) is 0 Å². The lowest BCUT2D eigenvalue weighted by Gasteiger charge is -2.29. The molecule has 16 heavy (non-hydrogen) atoms. The lowest BCUT2D eigenvalue weighted by atomic mass is 9.99. The summed E-state index contributed by atoms with van der Waals surface area (Å²) in [6, 6.07) is 6.10. The van der Waals surface area contributed by atoms with Crippen molar-refractivity contribution in [3.05, 3.63) is 29.6 Å². The Morgan fingerprint density at radius 1 is 1.56 bits per heavy atom. The van der Waals surface area contributed by atoms with Gasteiger partial charge >= 0.3 is 0 Å². The van der Waals surface area contributed by atoms with Crippen molar-refractivity contribution in [2.24, 2.45) is 5.92 Å². The molecule has 1 atom stereocenters. The summed E-state index contributed by atoms with van der Waals surface area (Å²) in [5.41, 5.74) is 2.16. The molecule has 0 saturated carbocycles. The molecule has 0 spiro atoms. The highest BCUT2D eigenvalue weighted by molar-refractivity contribution is 5.53. The van der Waals surface area contributed by atoms with Gasteiger partial charge in [-0.2, -0.15) is 0 Å². The molecule has 1 saturated heterocycles. The van der Waals surface area contributed by atoms with Crippen LogP contribution < -0.4 is 0 Å². The number of aromatic nitrogens is 1. The predicted molar refractivity (Wildman–Crippen MR) is 63.0 cm³/mol. The minimum atomic E-state index is 0.221. The molecule has 1 aromatic rings. The maximum absolute atomic E-state index is 10.8. The Morgan fingerprint density at radius 3 is 3.19 bits per heavy atom. The Balaban J connectivity index is 1.96. The fourth-order valence-electron chi connectivity index (χ4n) is 2.26. The second kappa shape index (κ2) is 5.21. The second-order valence-electron chi connectivity index (χ2n) is 4.54. The van der Waals surface area contributed by atoms with Crippen LogP contribution in [0.25, 0.3) is 0 Å². The van der Waals surface area contributed by atoms with E-state index in [1.165, 1.54) is 0 Å². The summed E-state index contributed by atoms with van der Waals surface area (Å²) < 4.78 is 0. The van der Waals surface area contributed by atoms with Crippen molar-refractivity contribution >= 4 is 6.29 Å². The normalized spacial score (nSPS) is 21.9. The van der Waals surface area contributed by atoms with Crippen molar-refractivity contribution in [3.63, 3.8) is 0 Å². The molecule has 1 aliphatic heterocycles. The quantitative estimate of drug-likeness (QED) is 0.725. The van der Waals surface area contributed by atoms with E-state index >= 15 is 0 Å². The summed E-state index contributed by atoms with van der Waals surface area (Å²) in [4.78, 5) is 17.6. The van der Waals surface area contributed by atoms with Crippen LogP contribution in [0.1, 0.15) is 24.2 Å². The molecule has 3 heteroatoms. The van der Waals surface area contributed by atoms with Gasteiger partial charge in [0.05, 0.1) is 5.69 Å². The van der Waals surface area contributed by atoms with Crippen LogP contribution in [0.2, 0.25) is 0 Å². The van der Waals surface area contributed by atoms with E-state index in [1.54, 1.807) is 0 Å². The number of carbonyl (C=O) groups excluding carboxylic acids is 1. The molecule has 1 unspecified atom stereocenters. The first kappa shape index (κ1) is 11.3. The lowest BCUT2D eigenvalue weighted by molar-refractivity contribution is -0.112. The fourth-order valence-corrected chi connectivity index (χ4v) is 2.26. The maximum Gasteiger partial charge on any atom is 0.124 e. The highest BCUT2D eigenvalue weighted by Gasteiger charge is 2.19. The van der Waals surface area contributed by atoms with Crippen molar-refractivity contribution in [3.8, 4) is 0 Å². The molecule has 2 rings (SSSR count). The number of piperidine rings is 1. The maximum atomic E-state index is 10.8. The summed E-state index contributed by atoms with van der Waals surface area (Å²) >= 11 is 0. The molecule has 0 bridgehead atoms. The molecule has 0 amide bonds. The average molecular weight is 218 g/mol. The Kier molecular flexibility index (Phi) is 3.67. The molecule has 0 aromatic carbocycles. The van der Waals surface area contributed by atoms with Crippen LogP contribution in [0.5, 0.6) is 0 Å². The summed E-state index contributed by atoms with van der Waals surface area (Å²) in [5, 5.41) is 0. The smallest absolute Gasteiger partial charge is 0.124 e. The third-order valence-electron chi connectivity index (χ3n) is 3.07. The highest BCUT2D eigenvalue weighted by atomic mass is 16.1. The van der Waals surface area contributed by atoms with Gasteiger partial charge in [0.25, 0.3) is 0 Å². The van der Waals surface area contributed by atoms with Gasteiger partial charge < -0.3 is 4.79 Å². The second-order valence-corrected chi connectivity index (χ2v) is 4.54. The monoisotopic (exact) mass is 218 g/mol. The van der Waals surface area contributed by atoms with Crippen LogP contribution in [0, 0.1) is 12.8 Å². The van der Waals surface area contributed by atoms with E-state index in [9.17, 15) is 4.79 Å². The number of carbonyl (C=O) groups is 1. The molecule has 86 valence electrons. The standard InChI is InChI=1S/C13H18N2O/c1-11-4-2-6-13(14-11)9-15-7-3-5-12(8-15)10-16/h2,4,6,10,12H,3,5,7-9H2,1H3. The minimum absolute atomic E-state index is 0.221. The van der Waals surface area contributed by atoms with Crippen LogP contribution in [-0.4, -0.2) is 29.3 Å². The van der Waals surface area contributed by atoms with Crippen molar-refractivity contribution in [1.82, 2.24) is 9.88 Å². The number of nitrogens with zero attached hydrogens (tertiary/aromatic N) is 2. The predicted octanol–water partition coefficient (Wildman–Crippen LogP) is 1.80. The molecule has 0 N–H and O–H groups in total. The number of aryl methyl sites for hydroxylation is 1. The van der Waals surface area contributed by atoms with Crippen molar-refractivity contribution in [1.29, 1.82) is 0 Å². The largest absolute Gasteiger partial charge is 0.303 e. The van der Waals surface area contributed by atoms with Gasteiger partial charge in [-0.15, -0.1) is 0 Å². The van der Waals surface area contributed by atoms with Crippen LogP contribution in [0.15, 0.2) is 18.2 Å². The third-order valence-corrected chi connectivity index (χ3v) is 3.07. The fraction of sp³-hybridized carbons (Fsp3) is 0.538. The van der Waals surface area contributed by atoms with Gasteiger partial charge in [-0.3, -0.25) is 9.88 Å². The zero-order chi connectivity index (χ0) is 11.4. The van der Waals surface area contributed by atoms with Gasteiger partial charge in [-0.05, 0) is 38.4 Å². The lowest BCUT2D eigenvalue weighted by Crippen LogP contribution is -2.35. The van der Waals surface area contributed by atoms with Gasteiger partial charge in [0.15, 0.2) is 0 Å². The van der Waals surface area contributed by atoms with E-state index in [1.807, 2.05) is 19.1 Å². The average Bonchev–Trinajstić information content (AvgIpc) is 2.29. The Bertz CT molecular complexity index is 365. The van der Waals surface area contributed by atoms with Crippen LogP contribution >= 0.6 is 0 Å². The SMILES string of the molecule is Cc1cccc(CN2CCCC(C=O)C2)n1. The van der Waals surface area contributed by atoms with Crippen molar-refractivity contribution in [2.45, 2.75) is 26.3 Å². The third kappa shape index (κ3) is 2.89. The number of hydrogen-bond acceptors (Lipinski definition) is 3. The minimum Gasteiger partial charge on any atom is -0.303 e. The molecule has 2 heterocycles. The van der Waals surface area contributed by atoms with Crippen LogP contribution in [0.3, 0.4) is 0 Å². The number of rotatable bonds is 3. The first-order chi connectivity index (χ1) is 7.78. The van der Waals surface area contributed by atoms with Crippen LogP contribution in [-0.2, 0) is 11.3 Å². The Labute approximate surface area is 96.5 Å². The zero-order valence-corrected chi connectivity index (χ0v) is 9.72. The molecule has 3 nitrogen and oxygen atoms in total. The van der Waals surface area contributed by atoms with E-state index in [-0.39, 0.29) is 5.92 Å². The van der Waals surface area contributed by atoms with Crippen molar-refractivity contribution < 1.29 is 4.79 Å². The molecule has 1 aromatic heterocycles. The first-order valence-corrected chi connectivity index (χ1v) is 5.88. The summed E-state index contributed by atoms with van der Waals surface area (Å²) in [5.74, 6) is 0.221. The molecule has 0 radical (unpaired) electrons. The van der Waals surface area contributed by atoms with Gasteiger partial charge in [-0.25, -0.2) is 0 Å². The van der Waals surface area contributed by atoms with E-state index in [0.29, 0.717) is 0 Å². The Morgan fingerprint density at radius 2 is 2.44 bits per heavy atom. The molecular formula is C13H18N2O. The molecular weight excluding hydrogens is 200 g/mol. The number of hydrogen-bond donors (Lipinski definition) is 0. The van der Waals surface area contributed by atoms with E-state index in [0.717, 1.165) is 50.1 Å². The van der Waals surface area contributed by atoms with Gasteiger partial charge in [0.1, 0.15) is 6.29 Å². The Hall–Kier alpha value is -1.22. The number of likely N-dealkylation sites (tertiary alicyclic amines) is 1. The summed E-state index contributed by atoms with van der Waals surface area (Å²) in [6.45, 7) is 4.85. The molecule has 1 aliphatic rings. The van der Waals surface area contributed by atoms with Crippen LogP contribution in [0.4, 0.5) is 0 Å². The van der Waals surface area contributed by atoms with Gasteiger partial charge in [0, 0.05) is 24.7 Å². The summed E-state index contributed by atoms with van der Waals surface area (Å²) in [6.07, 6.45) is 3.26. The first-order valence-electron chi connectivity index (χ1n) is 5.88. The summed E-state index contributed by atoms with van der Waals surface area (Å²) in [7, 11) is 0. The topological polar surface area (TPSA) is 33.2 Å². The molecule has 0 aliphatic carbocycles. The van der Waals surface area contributed by atoms with Gasteiger partial charge in [-0.1, -0.05) is 6.07 Å². The van der Waals surface area contributed by atoms with E-state index in [4.69, 9.17) is 0 Å². The zero-order valence-electron chi connectivity index (χ0n) is 9.72. The number of pyridine rings is 1. The van der Waals surface area contributed by atoms with E-state index in [2.05, 4.69) is 16.0 Å². The number of aldehydes is 1. The molecule has 1 fully saturated rings. The van der Waals surface area contributed by atoms with Crippen molar-refractivity contribution in [2.75, 3.05) is 13.1 Å².